The number of hydrogen-bond acceptors (Lipinski definition) is 3. The van der Waals surface area contributed by atoms with E-state index in [2.05, 4.69) is 28.6 Å². The summed E-state index contributed by atoms with van der Waals surface area (Å²) in [6.45, 7) is 5.87. The van der Waals surface area contributed by atoms with Crippen molar-refractivity contribution in [3.8, 4) is 0 Å². The van der Waals surface area contributed by atoms with Crippen molar-refractivity contribution in [3.05, 3.63) is 11.6 Å². The maximum atomic E-state index is 5.91. The van der Waals surface area contributed by atoms with Crippen LogP contribution in [-0.4, -0.2) is 28.5 Å². The molecule has 0 aliphatic heterocycles. The van der Waals surface area contributed by atoms with E-state index in [0.29, 0.717) is 18.4 Å². The predicted octanol–water partition coefficient (Wildman–Crippen LogP) is 3.35. The molecule has 1 atom stereocenters. The molecule has 0 saturated carbocycles. The quantitative estimate of drug-likeness (QED) is 0.648. The molecule has 0 fully saturated rings. The fourth-order valence-corrected chi connectivity index (χ4v) is 2.34. The maximum Gasteiger partial charge on any atom is 0.148 e. The molecule has 0 radical (unpaired) electrons. The van der Waals surface area contributed by atoms with E-state index in [-0.39, 0.29) is 0 Å². The number of methoxy groups -OCH3 is 1. The van der Waals surface area contributed by atoms with Crippen LogP contribution in [0.15, 0.2) is 0 Å². The first-order valence-electron chi connectivity index (χ1n) is 6.75. The normalized spacial score (nSPS) is 12.9. The van der Waals surface area contributed by atoms with Gasteiger partial charge in [0, 0.05) is 19.6 Å². The van der Waals surface area contributed by atoms with E-state index >= 15 is 0 Å². The first kappa shape index (κ1) is 15.4. The summed E-state index contributed by atoms with van der Waals surface area (Å²) in [5.74, 6) is 2.80. The molecule has 0 aliphatic rings. The zero-order chi connectivity index (χ0) is 13.4. The second kappa shape index (κ2) is 8.48. The smallest absolute Gasteiger partial charge is 0.148 e. The summed E-state index contributed by atoms with van der Waals surface area (Å²) in [7, 11) is 1.71. The number of aromatic nitrogens is 3. The summed E-state index contributed by atoms with van der Waals surface area (Å²) in [4.78, 5) is 0. The van der Waals surface area contributed by atoms with Crippen LogP contribution in [0.5, 0.6) is 0 Å². The summed E-state index contributed by atoms with van der Waals surface area (Å²) in [6, 6.07) is 0. The van der Waals surface area contributed by atoms with E-state index < -0.39 is 0 Å². The molecular weight excluding hydrogens is 250 g/mol. The van der Waals surface area contributed by atoms with Gasteiger partial charge in [0.2, 0.25) is 0 Å². The number of rotatable bonds is 9. The van der Waals surface area contributed by atoms with Crippen molar-refractivity contribution in [1.82, 2.24) is 14.8 Å². The largest absolute Gasteiger partial charge is 0.383 e. The van der Waals surface area contributed by atoms with Crippen molar-refractivity contribution < 1.29 is 4.74 Å². The third kappa shape index (κ3) is 3.95. The van der Waals surface area contributed by atoms with Crippen molar-refractivity contribution in [3.63, 3.8) is 0 Å². The van der Waals surface area contributed by atoms with Gasteiger partial charge >= 0.3 is 0 Å². The molecule has 18 heavy (non-hydrogen) atoms. The highest BCUT2D eigenvalue weighted by molar-refractivity contribution is 6.16. The number of hydrogen-bond donors (Lipinski definition) is 0. The Balaban J connectivity index is 2.86. The van der Waals surface area contributed by atoms with Crippen LogP contribution in [0.3, 0.4) is 0 Å². The van der Waals surface area contributed by atoms with Gasteiger partial charge in [-0.15, -0.1) is 21.8 Å². The second-order valence-electron chi connectivity index (χ2n) is 4.50. The summed E-state index contributed by atoms with van der Waals surface area (Å²) in [5.41, 5.74) is 0. The third-order valence-electron chi connectivity index (χ3n) is 3.26. The maximum absolute atomic E-state index is 5.91. The van der Waals surface area contributed by atoms with Gasteiger partial charge in [-0.05, 0) is 12.8 Å². The van der Waals surface area contributed by atoms with Crippen molar-refractivity contribution >= 4 is 11.6 Å². The van der Waals surface area contributed by atoms with Crippen molar-refractivity contribution in [2.75, 3.05) is 13.7 Å². The molecule has 1 heterocycles. The highest BCUT2D eigenvalue weighted by Crippen LogP contribution is 2.25. The van der Waals surface area contributed by atoms with Crippen molar-refractivity contribution in [2.45, 2.75) is 57.9 Å². The van der Waals surface area contributed by atoms with Crippen molar-refractivity contribution in [1.29, 1.82) is 0 Å². The van der Waals surface area contributed by atoms with Crippen LogP contribution in [0, 0.1) is 0 Å². The van der Waals surface area contributed by atoms with Gasteiger partial charge < -0.3 is 9.30 Å². The van der Waals surface area contributed by atoms with Crippen LogP contribution >= 0.6 is 11.6 Å². The molecule has 104 valence electrons. The topological polar surface area (TPSA) is 39.9 Å². The zero-order valence-corrected chi connectivity index (χ0v) is 12.4. The Kier molecular flexibility index (Phi) is 7.28. The van der Waals surface area contributed by atoms with Crippen LogP contribution in [0.4, 0.5) is 0 Å². The van der Waals surface area contributed by atoms with Gasteiger partial charge in [0.1, 0.15) is 11.6 Å². The minimum Gasteiger partial charge on any atom is -0.383 e. The van der Waals surface area contributed by atoms with Gasteiger partial charge in [0.05, 0.1) is 12.5 Å². The lowest BCUT2D eigenvalue weighted by Crippen LogP contribution is -2.14. The lowest BCUT2D eigenvalue weighted by molar-refractivity contribution is 0.185. The standard InChI is InChI=1S/C13H24ClN3O/c1-4-6-7-11(5-2)13-16-15-12(10-14)17(13)8-9-18-3/h11H,4-10H2,1-3H3. The Morgan fingerprint density at radius 2 is 2.11 bits per heavy atom. The Morgan fingerprint density at radius 3 is 2.67 bits per heavy atom. The van der Waals surface area contributed by atoms with Gasteiger partial charge in [0.15, 0.2) is 0 Å². The average Bonchev–Trinajstić information content (AvgIpc) is 2.80. The molecule has 4 nitrogen and oxygen atoms in total. The first-order valence-corrected chi connectivity index (χ1v) is 7.28. The molecule has 0 bridgehead atoms. The highest BCUT2D eigenvalue weighted by Gasteiger charge is 2.18. The predicted molar refractivity (Wildman–Crippen MR) is 74.0 cm³/mol. The SMILES string of the molecule is CCCCC(CC)c1nnc(CCl)n1CCOC. The minimum absolute atomic E-state index is 0.404. The van der Waals surface area contributed by atoms with Gasteiger partial charge in [-0.1, -0.05) is 26.7 Å². The monoisotopic (exact) mass is 273 g/mol. The van der Waals surface area contributed by atoms with Crippen LogP contribution in [0.1, 0.15) is 57.1 Å². The lowest BCUT2D eigenvalue weighted by Gasteiger charge is -2.16. The number of nitrogens with zero attached hydrogens (tertiary/aromatic N) is 3. The molecule has 0 spiro atoms. The summed E-state index contributed by atoms with van der Waals surface area (Å²) in [6.07, 6.45) is 4.70. The molecule has 5 heteroatoms. The van der Waals surface area contributed by atoms with Gasteiger partial charge in [0.25, 0.3) is 0 Å². The highest BCUT2D eigenvalue weighted by atomic mass is 35.5. The molecule has 1 unspecified atom stereocenters. The van der Waals surface area contributed by atoms with E-state index in [1.807, 2.05) is 0 Å². The number of alkyl halides is 1. The first-order chi connectivity index (χ1) is 8.78. The fraction of sp³-hybridized carbons (Fsp3) is 0.846. The lowest BCUT2D eigenvalue weighted by atomic mass is 9.98. The van der Waals surface area contributed by atoms with Crippen molar-refractivity contribution in [2.24, 2.45) is 0 Å². The summed E-state index contributed by atoms with van der Waals surface area (Å²) < 4.78 is 7.27. The molecule has 1 aromatic heterocycles. The average molecular weight is 274 g/mol. The molecule has 0 N–H and O–H groups in total. The van der Waals surface area contributed by atoms with E-state index in [9.17, 15) is 0 Å². The van der Waals surface area contributed by atoms with E-state index in [4.69, 9.17) is 16.3 Å². The number of unbranched alkanes of at least 4 members (excludes halogenated alkanes) is 1. The summed E-state index contributed by atoms with van der Waals surface area (Å²) in [5, 5.41) is 8.53. The number of ether oxygens (including phenoxy) is 1. The molecule has 0 saturated heterocycles. The Hall–Kier alpha value is -0.610. The van der Waals surface area contributed by atoms with Crippen LogP contribution in [0.25, 0.3) is 0 Å². The van der Waals surface area contributed by atoms with Crippen LogP contribution in [0.2, 0.25) is 0 Å². The van der Waals surface area contributed by atoms with E-state index in [1.165, 1.54) is 19.3 Å². The van der Waals surface area contributed by atoms with Gasteiger partial charge in [-0.3, -0.25) is 0 Å². The van der Waals surface area contributed by atoms with E-state index in [0.717, 1.165) is 24.6 Å². The molecule has 1 aromatic rings. The molecular formula is C13H24ClN3O. The van der Waals surface area contributed by atoms with E-state index in [1.54, 1.807) is 7.11 Å². The van der Waals surface area contributed by atoms with Gasteiger partial charge in [-0.25, -0.2) is 0 Å². The summed E-state index contributed by atoms with van der Waals surface area (Å²) >= 11 is 5.91. The molecule has 0 aliphatic carbocycles. The molecule has 0 amide bonds. The molecule has 1 rings (SSSR count). The Morgan fingerprint density at radius 1 is 1.33 bits per heavy atom. The fourth-order valence-electron chi connectivity index (χ4n) is 2.14. The molecule has 0 aromatic carbocycles. The number of halogens is 1. The van der Waals surface area contributed by atoms with Crippen LogP contribution in [-0.2, 0) is 17.2 Å². The van der Waals surface area contributed by atoms with Crippen LogP contribution < -0.4 is 0 Å². The van der Waals surface area contributed by atoms with Gasteiger partial charge in [-0.2, -0.15) is 0 Å². The Labute approximate surface area is 115 Å². The minimum atomic E-state index is 0.404. The third-order valence-corrected chi connectivity index (χ3v) is 3.50. The Bertz CT molecular complexity index is 341. The second-order valence-corrected chi connectivity index (χ2v) is 4.77. The zero-order valence-electron chi connectivity index (χ0n) is 11.7.